The van der Waals surface area contributed by atoms with E-state index in [-0.39, 0.29) is 5.69 Å². The van der Waals surface area contributed by atoms with Gasteiger partial charge in [-0.05, 0) is 30.8 Å². The number of rotatable bonds is 6. The maximum atomic E-state index is 10.9. The normalized spacial score (nSPS) is 11.0. The summed E-state index contributed by atoms with van der Waals surface area (Å²) in [6, 6.07) is 14.4. The minimum Gasteiger partial charge on any atom is -0.298 e. The summed E-state index contributed by atoms with van der Waals surface area (Å²) in [6.45, 7) is 1.17. The molecule has 0 saturated carbocycles. The molecule has 0 spiro atoms. The van der Waals surface area contributed by atoms with E-state index in [1.54, 1.807) is 6.07 Å². The van der Waals surface area contributed by atoms with Crippen molar-refractivity contribution < 1.29 is 4.92 Å². The van der Waals surface area contributed by atoms with Crippen LogP contribution in [0.5, 0.6) is 0 Å². The van der Waals surface area contributed by atoms with Crippen molar-refractivity contribution in [1.82, 2.24) is 14.7 Å². The molecule has 0 saturated heterocycles. The molecule has 0 N–H and O–H groups in total. The zero-order valence-corrected chi connectivity index (χ0v) is 14.4. The summed E-state index contributed by atoms with van der Waals surface area (Å²) in [6.07, 6.45) is 3.79. The summed E-state index contributed by atoms with van der Waals surface area (Å²) in [5, 5.41) is 15.8. The van der Waals surface area contributed by atoms with Gasteiger partial charge in [0.2, 0.25) is 0 Å². The summed E-state index contributed by atoms with van der Waals surface area (Å²) < 4.78 is 1.82. The largest absolute Gasteiger partial charge is 0.298 e. The Morgan fingerprint density at radius 2 is 1.96 bits per heavy atom. The minimum atomic E-state index is -0.413. The molecule has 6 nitrogen and oxygen atoms in total. The van der Waals surface area contributed by atoms with Crippen LogP contribution >= 0.6 is 11.6 Å². The van der Waals surface area contributed by atoms with Gasteiger partial charge in [0.05, 0.1) is 16.8 Å². The van der Waals surface area contributed by atoms with E-state index in [0.717, 1.165) is 16.8 Å². The molecule has 25 heavy (non-hydrogen) atoms. The number of halogens is 1. The lowest BCUT2D eigenvalue weighted by Crippen LogP contribution is -2.17. The van der Waals surface area contributed by atoms with E-state index >= 15 is 0 Å². The highest BCUT2D eigenvalue weighted by Gasteiger charge is 2.12. The zero-order valence-electron chi connectivity index (χ0n) is 13.7. The molecule has 7 heteroatoms. The van der Waals surface area contributed by atoms with E-state index in [1.165, 1.54) is 12.1 Å². The van der Waals surface area contributed by atoms with Crippen molar-refractivity contribution in [2.75, 3.05) is 7.05 Å². The SMILES string of the molecule is CN(Cc1cnn(-c2ccccc2)c1)Cc1cc([N+](=O)[O-])ccc1Cl. The molecular weight excluding hydrogens is 340 g/mol. The van der Waals surface area contributed by atoms with Crippen LogP contribution in [0.25, 0.3) is 5.69 Å². The van der Waals surface area contributed by atoms with Crippen LogP contribution in [0, 0.1) is 10.1 Å². The van der Waals surface area contributed by atoms with E-state index in [1.807, 2.05) is 59.4 Å². The minimum absolute atomic E-state index is 0.0460. The maximum absolute atomic E-state index is 10.9. The number of para-hydroxylation sites is 1. The number of non-ortho nitro benzene ring substituents is 1. The van der Waals surface area contributed by atoms with Gasteiger partial charge in [-0.1, -0.05) is 29.8 Å². The Labute approximate surface area is 150 Å². The van der Waals surface area contributed by atoms with Crippen LogP contribution in [-0.4, -0.2) is 26.7 Å². The number of nitrogens with zero attached hydrogens (tertiary/aromatic N) is 4. The number of nitro groups is 1. The second-order valence-corrected chi connectivity index (χ2v) is 6.24. The van der Waals surface area contributed by atoms with Crippen LogP contribution in [0.2, 0.25) is 5.02 Å². The highest BCUT2D eigenvalue weighted by atomic mass is 35.5. The van der Waals surface area contributed by atoms with Gasteiger partial charge < -0.3 is 0 Å². The van der Waals surface area contributed by atoms with Gasteiger partial charge in [0.25, 0.3) is 5.69 Å². The summed E-state index contributed by atoms with van der Waals surface area (Å²) in [5.41, 5.74) is 2.82. The van der Waals surface area contributed by atoms with Gasteiger partial charge in [-0.25, -0.2) is 4.68 Å². The summed E-state index contributed by atoms with van der Waals surface area (Å²) >= 11 is 6.17. The zero-order chi connectivity index (χ0) is 17.8. The van der Waals surface area contributed by atoms with Gasteiger partial charge in [-0.3, -0.25) is 15.0 Å². The number of benzene rings is 2. The molecule has 0 fully saturated rings. The second-order valence-electron chi connectivity index (χ2n) is 5.83. The van der Waals surface area contributed by atoms with Crippen LogP contribution in [0.3, 0.4) is 0 Å². The molecule has 128 valence electrons. The van der Waals surface area contributed by atoms with Crippen molar-refractivity contribution in [3.05, 3.63) is 87.2 Å². The fourth-order valence-corrected chi connectivity index (χ4v) is 2.80. The molecule has 0 radical (unpaired) electrons. The quantitative estimate of drug-likeness (QED) is 0.493. The van der Waals surface area contributed by atoms with Crippen molar-refractivity contribution in [3.8, 4) is 5.69 Å². The molecule has 3 aromatic rings. The Kier molecular flexibility index (Phi) is 5.11. The molecule has 0 amide bonds. The third-order valence-electron chi connectivity index (χ3n) is 3.79. The van der Waals surface area contributed by atoms with Crippen molar-refractivity contribution in [3.63, 3.8) is 0 Å². The van der Waals surface area contributed by atoms with E-state index in [9.17, 15) is 10.1 Å². The molecule has 3 rings (SSSR count). The van der Waals surface area contributed by atoms with Gasteiger partial charge >= 0.3 is 0 Å². The Morgan fingerprint density at radius 1 is 1.20 bits per heavy atom. The van der Waals surface area contributed by atoms with E-state index < -0.39 is 4.92 Å². The van der Waals surface area contributed by atoms with Crippen LogP contribution in [-0.2, 0) is 13.1 Å². The summed E-state index contributed by atoms with van der Waals surface area (Å²) in [5.74, 6) is 0. The Balaban J connectivity index is 1.69. The molecule has 0 aliphatic heterocycles. The van der Waals surface area contributed by atoms with Crippen LogP contribution < -0.4 is 0 Å². The van der Waals surface area contributed by atoms with Crippen LogP contribution in [0.4, 0.5) is 5.69 Å². The topological polar surface area (TPSA) is 64.2 Å². The number of aromatic nitrogens is 2. The first-order chi connectivity index (χ1) is 12.0. The highest BCUT2D eigenvalue weighted by Crippen LogP contribution is 2.23. The van der Waals surface area contributed by atoms with Gasteiger partial charge in [-0.2, -0.15) is 5.10 Å². The highest BCUT2D eigenvalue weighted by molar-refractivity contribution is 6.31. The second kappa shape index (κ2) is 7.46. The fourth-order valence-electron chi connectivity index (χ4n) is 2.62. The average molecular weight is 357 g/mol. The molecule has 0 aliphatic carbocycles. The first-order valence-electron chi connectivity index (χ1n) is 7.73. The molecule has 0 bridgehead atoms. The molecule has 0 aliphatic rings. The molecule has 0 atom stereocenters. The van der Waals surface area contributed by atoms with Crippen LogP contribution in [0.15, 0.2) is 60.9 Å². The lowest BCUT2D eigenvalue weighted by Gasteiger charge is -2.16. The first kappa shape index (κ1) is 17.1. The van der Waals surface area contributed by atoms with Gasteiger partial charge in [-0.15, -0.1) is 0 Å². The van der Waals surface area contributed by atoms with Crippen molar-refractivity contribution in [1.29, 1.82) is 0 Å². The Bertz CT molecular complexity index is 880. The number of hydrogen-bond acceptors (Lipinski definition) is 4. The fraction of sp³-hybridized carbons (Fsp3) is 0.167. The van der Waals surface area contributed by atoms with Gasteiger partial charge in [0.1, 0.15) is 0 Å². The first-order valence-corrected chi connectivity index (χ1v) is 8.11. The molecule has 0 unspecified atom stereocenters. The molecule has 1 heterocycles. The maximum Gasteiger partial charge on any atom is 0.269 e. The Hall–Kier alpha value is -2.70. The third kappa shape index (κ3) is 4.23. The third-order valence-corrected chi connectivity index (χ3v) is 4.16. The monoisotopic (exact) mass is 356 g/mol. The van der Waals surface area contributed by atoms with Gasteiger partial charge in [0.15, 0.2) is 0 Å². The number of hydrogen-bond donors (Lipinski definition) is 0. The van der Waals surface area contributed by atoms with Gasteiger partial charge in [0, 0.05) is 42.0 Å². The van der Waals surface area contributed by atoms with Crippen molar-refractivity contribution >= 4 is 17.3 Å². The lowest BCUT2D eigenvalue weighted by atomic mass is 10.2. The van der Waals surface area contributed by atoms with E-state index in [4.69, 9.17) is 11.6 Å². The van der Waals surface area contributed by atoms with Crippen LogP contribution in [0.1, 0.15) is 11.1 Å². The van der Waals surface area contributed by atoms with Crippen molar-refractivity contribution in [2.24, 2.45) is 0 Å². The van der Waals surface area contributed by atoms with Crippen molar-refractivity contribution in [2.45, 2.75) is 13.1 Å². The van der Waals surface area contributed by atoms with E-state index in [0.29, 0.717) is 18.1 Å². The predicted octanol–water partition coefficient (Wildman–Crippen LogP) is 4.07. The standard InChI is InChI=1S/C18H17ClN4O2/c1-21(13-15-9-17(23(24)25)7-8-18(15)19)11-14-10-20-22(12-14)16-5-3-2-4-6-16/h2-10,12H,11,13H2,1H3. The predicted molar refractivity (Wildman–Crippen MR) is 96.8 cm³/mol. The average Bonchev–Trinajstić information content (AvgIpc) is 3.06. The van der Waals surface area contributed by atoms with E-state index in [2.05, 4.69) is 5.10 Å². The Morgan fingerprint density at radius 3 is 2.68 bits per heavy atom. The molecule has 1 aromatic heterocycles. The summed E-state index contributed by atoms with van der Waals surface area (Å²) in [4.78, 5) is 12.5. The summed E-state index contributed by atoms with van der Waals surface area (Å²) in [7, 11) is 1.94. The molecular formula is C18H17ClN4O2. The lowest BCUT2D eigenvalue weighted by molar-refractivity contribution is -0.384. The smallest absolute Gasteiger partial charge is 0.269 e. The molecule has 2 aromatic carbocycles. The number of nitro benzene ring substituents is 1.